The van der Waals surface area contributed by atoms with Crippen LogP contribution in [0.15, 0.2) is 6.20 Å². The number of nitrogens with two attached hydrogens (primary N) is 1. The van der Waals surface area contributed by atoms with Gasteiger partial charge in [-0.25, -0.2) is 0 Å². The van der Waals surface area contributed by atoms with Crippen molar-refractivity contribution in [2.75, 3.05) is 0 Å². The van der Waals surface area contributed by atoms with Crippen LogP contribution in [0, 0.1) is 5.92 Å². The van der Waals surface area contributed by atoms with Gasteiger partial charge in [0.15, 0.2) is 5.69 Å². The Morgan fingerprint density at radius 2 is 2.10 bits per heavy atom. The number of rotatable bonds is 5. The Morgan fingerprint density at radius 1 is 1.52 bits per heavy atom. The van der Waals surface area contributed by atoms with Crippen LogP contribution in [0.2, 0.25) is 0 Å². The van der Waals surface area contributed by atoms with E-state index >= 15 is 0 Å². The van der Waals surface area contributed by atoms with Gasteiger partial charge in [-0.1, -0.05) is 20.3 Å². The van der Waals surface area contributed by atoms with Crippen LogP contribution in [0.4, 0.5) is 13.2 Å². The molecule has 0 saturated carbocycles. The maximum Gasteiger partial charge on any atom is 0.435 e. The number of hydrogen-bond acceptors (Lipinski definition) is 3. The highest BCUT2D eigenvalue weighted by Crippen LogP contribution is 2.30. The number of carbonyl (C=O) groups is 1. The van der Waals surface area contributed by atoms with Crippen molar-refractivity contribution in [3.63, 3.8) is 0 Å². The molecule has 1 aromatic rings. The van der Waals surface area contributed by atoms with E-state index in [-0.39, 0.29) is 30.4 Å². The topological polar surface area (TPSA) is 72.9 Å². The average Bonchev–Trinajstić information content (AvgIpc) is 2.75. The first kappa shape index (κ1) is 19.7. The lowest BCUT2D eigenvalue weighted by Crippen LogP contribution is -2.44. The summed E-state index contributed by atoms with van der Waals surface area (Å²) in [6.45, 7) is 3.46. The molecule has 0 aliphatic rings. The van der Waals surface area contributed by atoms with Gasteiger partial charge in [0.25, 0.3) is 0 Å². The lowest BCUT2D eigenvalue weighted by molar-refractivity contribution is -0.142. The first-order valence-corrected chi connectivity index (χ1v) is 6.29. The summed E-state index contributed by atoms with van der Waals surface area (Å²) in [5.41, 5.74) is 4.64. The SMILES string of the molecule is CCC(C)C(N)C(=O)NCc1cn(C)nc1C(F)(F)F.Cl. The number of amides is 1. The van der Waals surface area contributed by atoms with Crippen LogP contribution in [-0.4, -0.2) is 21.7 Å². The molecular weight excluding hydrogens is 309 g/mol. The molecule has 3 N–H and O–H groups in total. The number of aromatic nitrogens is 2. The van der Waals surface area contributed by atoms with Crippen LogP contribution in [-0.2, 0) is 24.6 Å². The van der Waals surface area contributed by atoms with E-state index in [4.69, 9.17) is 5.73 Å². The minimum atomic E-state index is -4.54. The largest absolute Gasteiger partial charge is 0.435 e. The zero-order valence-electron chi connectivity index (χ0n) is 12.1. The van der Waals surface area contributed by atoms with Crippen molar-refractivity contribution < 1.29 is 18.0 Å². The van der Waals surface area contributed by atoms with Gasteiger partial charge in [-0.3, -0.25) is 9.48 Å². The van der Waals surface area contributed by atoms with Crippen molar-refractivity contribution in [3.8, 4) is 0 Å². The van der Waals surface area contributed by atoms with E-state index in [1.54, 1.807) is 0 Å². The summed E-state index contributed by atoms with van der Waals surface area (Å²) >= 11 is 0. The third kappa shape index (κ3) is 5.20. The maximum absolute atomic E-state index is 12.7. The van der Waals surface area contributed by atoms with Crippen molar-refractivity contribution in [2.24, 2.45) is 18.7 Å². The zero-order chi connectivity index (χ0) is 15.5. The second kappa shape index (κ2) is 7.65. The van der Waals surface area contributed by atoms with Gasteiger partial charge < -0.3 is 11.1 Å². The second-order valence-corrected chi connectivity index (χ2v) is 4.80. The fraction of sp³-hybridized carbons (Fsp3) is 0.667. The fourth-order valence-corrected chi connectivity index (χ4v) is 1.72. The molecule has 1 heterocycles. The minimum Gasteiger partial charge on any atom is -0.351 e. The number of nitrogens with one attached hydrogen (secondary N) is 1. The molecule has 9 heteroatoms. The summed E-state index contributed by atoms with van der Waals surface area (Å²) in [6, 6.07) is -0.731. The van der Waals surface area contributed by atoms with E-state index in [0.29, 0.717) is 0 Å². The number of nitrogens with zero attached hydrogens (tertiary/aromatic N) is 2. The van der Waals surface area contributed by atoms with E-state index in [0.717, 1.165) is 11.1 Å². The van der Waals surface area contributed by atoms with Crippen LogP contribution in [0.1, 0.15) is 31.5 Å². The highest BCUT2D eigenvalue weighted by atomic mass is 35.5. The monoisotopic (exact) mass is 328 g/mol. The van der Waals surface area contributed by atoms with E-state index < -0.39 is 23.8 Å². The van der Waals surface area contributed by atoms with Crippen LogP contribution >= 0.6 is 12.4 Å². The van der Waals surface area contributed by atoms with Gasteiger partial charge in [0, 0.05) is 25.4 Å². The number of aryl methyl sites for hydroxylation is 1. The molecule has 0 radical (unpaired) electrons. The van der Waals surface area contributed by atoms with Gasteiger partial charge in [0.05, 0.1) is 6.04 Å². The number of alkyl halides is 3. The molecule has 0 aromatic carbocycles. The maximum atomic E-state index is 12.7. The lowest BCUT2D eigenvalue weighted by Gasteiger charge is -2.17. The molecule has 2 unspecified atom stereocenters. The highest BCUT2D eigenvalue weighted by molar-refractivity contribution is 5.85. The molecule has 1 amide bonds. The molecule has 0 spiro atoms. The molecule has 1 rings (SSSR count). The molecule has 0 bridgehead atoms. The number of carbonyl (C=O) groups excluding carboxylic acids is 1. The van der Waals surface area contributed by atoms with Crippen molar-refractivity contribution in [1.29, 1.82) is 0 Å². The average molecular weight is 329 g/mol. The van der Waals surface area contributed by atoms with Crippen LogP contribution in [0.25, 0.3) is 0 Å². The molecular formula is C12H20ClF3N4O. The van der Waals surface area contributed by atoms with Crippen LogP contribution in [0.3, 0.4) is 0 Å². The quantitative estimate of drug-likeness (QED) is 0.866. The van der Waals surface area contributed by atoms with E-state index in [2.05, 4.69) is 10.4 Å². The predicted molar refractivity (Wildman–Crippen MR) is 74.7 cm³/mol. The molecule has 0 aliphatic carbocycles. The molecule has 2 atom stereocenters. The Hall–Kier alpha value is -1.28. The molecule has 122 valence electrons. The van der Waals surface area contributed by atoms with Crippen molar-refractivity contribution in [3.05, 3.63) is 17.5 Å². The number of halogens is 4. The smallest absolute Gasteiger partial charge is 0.351 e. The summed E-state index contributed by atoms with van der Waals surface area (Å²) < 4.78 is 39.2. The van der Waals surface area contributed by atoms with Gasteiger partial charge in [0.1, 0.15) is 0 Å². The van der Waals surface area contributed by atoms with Crippen LogP contribution in [0.5, 0.6) is 0 Å². The zero-order valence-corrected chi connectivity index (χ0v) is 12.9. The standard InChI is InChI=1S/C12H19F3N4O.ClH/c1-4-7(2)9(16)11(20)17-5-8-6-19(3)18-10(8)12(13,14)15;/h6-7,9H,4-5,16H2,1-3H3,(H,17,20);1H. The van der Waals surface area contributed by atoms with E-state index in [1.165, 1.54) is 13.2 Å². The Labute approximate surface area is 127 Å². The first-order valence-electron chi connectivity index (χ1n) is 6.29. The van der Waals surface area contributed by atoms with Gasteiger partial charge in [-0.15, -0.1) is 12.4 Å². The highest BCUT2D eigenvalue weighted by Gasteiger charge is 2.37. The molecule has 0 fully saturated rings. The van der Waals surface area contributed by atoms with E-state index in [9.17, 15) is 18.0 Å². The lowest BCUT2D eigenvalue weighted by atomic mass is 9.99. The predicted octanol–water partition coefficient (Wildman–Crippen LogP) is 1.85. The summed E-state index contributed by atoms with van der Waals surface area (Å²) in [5.74, 6) is -0.498. The van der Waals surface area contributed by atoms with Crippen LogP contribution < -0.4 is 11.1 Å². The van der Waals surface area contributed by atoms with Gasteiger partial charge in [-0.2, -0.15) is 18.3 Å². The van der Waals surface area contributed by atoms with Gasteiger partial charge in [0.2, 0.25) is 5.91 Å². The van der Waals surface area contributed by atoms with Gasteiger partial charge >= 0.3 is 6.18 Å². The normalized spacial score (nSPS) is 14.2. The second-order valence-electron chi connectivity index (χ2n) is 4.80. The fourth-order valence-electron chi connectivity index (χ4n) is 1.72. The van der Waals surface area contributed by atoms with E-state index in [1.807, 2.05) is 13.8 Å². The minimum absolute atomic E-state index is 0. The molecule has 21 heavy (non-hydrogen) atoms. The molecule has 1 aromatic heterocycles. The Morgan fingerprint density at radius 3 is 2.57 bits per heavy atom. The number of hydrogen-bond donors (Lipinski definition) is 2. The third-order valence-corrected chi connectivity index (χ3v) is 3.19. The van der Waals surface area contributed by atoms with Gasteiger partial charge in [-0.05, 0) is 5.92 Å². The Bertz CT molecular complexity index is 476. The summed E-state index contributed by atoms with van der Waals surface area (Å²) in [6.07, 6.45) is -2.59. The van der Waals surface area contributed by atoms with Crippen molar-refractivity contribution in [2.45, 2.75) is 39.0 Å². The summed E-state index contributed by atoms with van der Waals surface area (Å²) in [7, 11) is 1.39. The first-order chi connectivity index (χ1) is 9.16. The molecule has 5 nitrogen and oxygen atoms in total. The Balaban J connectivity index is 0.00000400. The Kier molecular flexibility index (Phi) is 7.18. The summed E-state index contributed by atoms with van der Waals surface area (Å²) in [5, 5.41) is 5.79. The summed E-state index contributed by atoms with van der Waals surface area (Å²) in [4.78, 5) is 11.7. The van der Waals surface area contributed by atoms with Crippen molar-refractivity contribution in [1.82, 2.24) is 15.1 Å². The molecule has 0 saturated heterocycles. The van der Waals surface area contributed by atoms with Crippen molar-refractivity contribution >= 4 is 18.3 Å². The third-order valence-electron chi connectivity index (χ3n) is 3.19. The molecule has 0 aliphatic heterocycles.